The number of hydrogen-bond acceptors (Lipinski definition) is 3. The van der Waals surface area contributed by atoms with Crippen LogP contribution in [-0.2, 0) is 0 Å². The summed E-state index contributed by atoms with van der Waals surface area (Å²) in [5.41, 5.74) is 2.59. The minimum Gasteiger partial charge on any atom is -0.360 e. The van der Waals surface area contributed by atoms with Gasteiger partial charge in [0.15, 0.2) is 5.82 Å². The van der Waals surface area contributed by atoms with E-state index in [0.29, 0.717) is 17.3 Å². The Kier molecular flexibility index (Phi) is 2.59. The number of hydrogen-bond donors (Lipinski definition) is 2. The van der Waals surface area contributed by atoms with Crippen LogP contribution in [0.2, 0.25) is 0 Å². The molecule has 2 N–H and O–H groups in total. The van der Waals surface area contributed by atoms with Crippen molar-refractivity contribution in [1.82, 2.24) is 10.1 Å². The lowest BCUT2D eigenvalue weighted by atomic mass is 10.2. The van der Waals surface area contributed by atoms with Crippen molar-refractivity contribution < 1.29 is 9.32 Å². The maximum Gasteiger partial charge on any atom is 0.273 e. The average Bonchev–Trinajstić information content (AvgIpc) is 2.95. The molecule has 0 spiro atoms. The number of aromatic amines is 1. The number of carbonyl (C=O) groups excluding carboxylic acids is 1. The number of nitrogens with zero attached hydrogens (tertiary/aromatic N) is 1. The van der Waals surface area contributed by atoms with E-state index in [2.05, 4.69) is 15.5 Å². The lowest BCUT2D eigenvalue weighted by Gasteiger charge is -1.97. The largest absolute Gasteiger partial charge is 0.360 e. The third kappa shape index (κ3) is 2.22. The highest BCUT2D eigenvalue weighted by Gasteiger charge is 2.11. The maximum absolute atomic E-state index is 12.1. The highest BCUT2D eigenvalue weighted by Crippen LogP contribution is 2.18. The highest BCUT2D eigenvalue weighted by atomic mass is 16.5. The fourth-order valence-electron chi connectivity index (χ4n) is 1.97. The average molecular weight is 255 g/mol. The Morgan fingerprint density at radius 2 is 2.11 bits per heavy atom. The number of nitrogens with one attached hydrogen (secondary N) is 2. The molecule has 0 aliphatic heterocycles. The standard InChI is InChI=1S/C14H13N3O2/c1-8-3-4-10-7-12(15-11(10)5-8)14(18)16-13-6-9(2)19-17-13/h3-7,15H,1-2H3,(H,16,17,18). The number of rotatable bonds is 2. The van der Waals surface area contributed by atoms with Gasteiger partial charge >= 0.3 is 0 Å². The molecule has 0 saturated heterocycles. The van der Waals surface area contributed by atoms with Crippen molar-refractivity contribution in [1.29, 1.82) is 0 Å². The molecule has 5 heteroatoms. The Labute approximate surface area is 109 Å². The summed E-state index contributed by atoms with van der Waals surface area (Å²) < 4.78 is 4.90. The van der Waals surface area contributed by atoms with E-state index in [1.165, 1.54) is 0 Å². The second-order valence-electron chi connectivity index (χ2n) is 4.55. The van der Waals surface area contributed by atoms with Gasteiger partial charge in [-0.25, -0.2) is 0 Å². The summed E-state index contributed by atoms with van der Waals surface area (Å²) in [7, 11) is 0. The molecule has 2 heterocycles. The predicted molar refractivity (Wildman–Crippen MR) is 72.2 cm³/mol. The zero-order valence-electron chi connectivity index (χ0n) is 10.7. The van der Waals surface area contributed by atoms with E-state index < -0.39 is 0 Å². The number of H-pyrrole nitrogens is 1. The van der Waals surface area contributed by atoms with Gasteiger partial charge in [-0.05, 0) is 31.5 Å². The van der Waals surface area contributed by atoms with E-state index in [0.717, 1.165) is 16.5 Å². The van der Waals surface area contributed by atoms with Crippen molar-refractivity contribution in [2.75, 3.05) is 5.32 Å². The molecule has 0 unspecified atom stereocenters. The number of anilines is 1. The van der Waals surface area contributed by atoms with Crippen LogP contribution in [-0.4, -0.2) is 16.0 Å². The molecule has 1 amide bonds. The molecule has 0 fully saturated rings. The topological polar surface area (TPSA) is 70.9 Å². The Morgan fingerprint density at radius 3 is 2.84 bits per heavy atom. The zero-order chi connectivity index (χ0) is 13.4. The van der Waals surface area contributed by atoms with Gasteiger partial charge in [-0.3, -0.25) is 4.79 Å². The fourth-order valence-corrected chi connectivity index (χ4v) is 1.97. The van der Waals surface area contributed by atoms with Gasteiger partial charge in [0.25, 0.3) is 5.91 Å². The molecule has 0 saturated carbocycles. The van der Waals surface area contributed by atoms with Gasteiger partial charge in [-0.2, -0.15) is 0 Å². The van der Waals surface area contributed by atoms with Crippen molar-refractivity contribution in [3.8, 4) is 0 Å². The lowest BCUT2D eigenvalue weighted by Crippen LogP contribution is -2.12. The third-order valence-corrected chi connectivity index (χ3v) is 2.89. The summed E-state index contributed by atoms with van der Waals surface area (Å²) in [6.45, 7) is 3.78. The van der Waals surface area contributed by atoms with E-state index in [-0.39, 0.29) is 5.91 Å². The number of amides is 1. The van der Waals surface area contributed by atoms with Crippen LogP contribution in [0.3, 0.4) is 0 Å². The van der Waals surface area contributed by atoms with Crippen LogP contribution in [0.25, 0.3) is 10.9 Å². The summed E-state index contributed by atoms with van der Waals surface area (Å²) in [4.78, 5) is 15.1. The Bertz CT molecular complexity index is 755. The van der Waals surface area contributed by atoms with Crippen LogP contribution in [0.5, 0.6) is 0 Å². The molecule has 3 rings (SSSR count). The van der Waals surface area contributed by atoms with Crippen molar-refractivity contribution in [2.24, 2.45) is 0 Å². The van der Waals surface area contributed by atoms with Crippen LogP contribution in [0.1, 0.15) is 21.8 Å². The van der Waals surface area contributed by atoms with Crippen LogP contribution >= 0.6 is 0 Å². The second kappa shape index (κ2) is 4.28. The van der Waals surface area contributed by atoms with Crippen molar-refractivity contribution in [2.45, 2.75) is 13.8 Å². The van der Waals surface area contributed by atoms with E-state index >= 15 is 0 Å². The SMILES string of the molecule is Cc1ccc2cc(C(=O)Nc3cc(C)on3)[nH]c2c1. The monoisotopic (exact) mass is 255 g/mol. The fraction of sp³-hybridized carbons (Fsp3) is 0.143. The van der Waals surface area contributed by atoms with Crippen LogP contribution in [0.15, 0.2) is 34.9 Å². The first kappa shape index (κ1) is 11.5. The second-order valence-corrected chi connectivity index (χ2v) is 4.55. The lowest BCUT2D eigenvalue weighted by molar-refractivity contribution is 0.102. The summed E-state index contributed by atoms with van der Waals surface area (Å²) in [6, 6.07) is 9.49. The molecule has 2 aromatic heterocycles. The molecular formula is C14H13N3O2. The van der Waals surface area contributed by atoms with Crippen molar-refractivity contribution in [3.05, 3.63) is 47.3 Å². The Balaban J connectivity index is 1.89. The Morgan fingerprint density at radius 1 is 1.26 bits per heavy atom. The molecule has 1 aromatic carbocycles. The maximum atomic E-state index is 12.1. The normalized spacial score (nSPS) is 10.8. The first-order valence-corrected chi connectivity index (χ1v) is 5.96. The molecule has 3 aromatic rings. The van der Waals surface area contributed by atoms with Gasteiger partial charge in [0, 0.05) is 17.0 Å². The first-order chi connectivity index (χ1) is 9.11. The predicted octanol–water partition coefficient (Wildman–Crippen LogP) is 3.03. The smallest absolute Gasteiger partial charge is 0.273 e. The molecule has 19 heavy (non-hydrogen) atoms. The quantitative estimate of drug-likeness (QED) is 0.739. The molecule has 0 aliphatic carbocycles. The van der Waals surface area contributed by atoms with Gasteiger partial charge < -0.3 is 14.8 Å². The number of aryl methyl sites for hydroxylation is 2. The van der Waals surface area contributed by atoms with Gasteiger partial charge in [0.1, 0.15) is 11.5 Å². The summed E-state index contributed by atoms with van der Waals surface area (Å²) in [5.74, 6) is 0.835. The molecule has 0 atom stereocenters. The van der Waals surface area contributed by atoms with Gasteiger partial charge in [0.05, 0.1) is 0 Å². The number of carbonyl (C=O) groups is 1. The summed E-state index contributed by atoms with van der Waals surface area (Å²) in [6.07, 6.45) is 0. The molecule has 96 valence electrons. The van der Waals surface area contributed by atoms with Gasteiger partial charge in [0.2, 0.25) is 0 Å². The zero-order valence-corrected chi connectivity index (χ0v) is 10.7. The molecular weight excluding hydrogens is 242 g/mol. The van der Waals surface area contributed by atoms with Gasteiger partial charge in [-0.1, -0.05) is 17.3 Å². The molecule has 0 radical (unpaired) electrons. The van der Waals surface area contributed by atoms with Crippen molar-refractivity contribution in [3.63, 3.8) is 0 Å². The minimum absolute atomic E-state index is 0.234. The van der Waals surface area contributed by atoms with Crippen LogP contribution < -0.4 is 5.32 Å². The number of benzene rings is 1. The van der Waals surface area contributed by atoms with E-state index in [1.54, 1.807) is 13.0 Å². The Hall–Kier alpha value is -2.56. The highest BCUT2D eigenvalue weighted by molar-refractivity contribution is 6.05. The molecule has 0 aliphatic rings. The minimum atomic E-state index is -0.234. The summed E-state index contributed by atoms with van der Waals surface area (Å²) >= 11 is 0. The van der Waals surface area contributed by atoms with Crippen LogP contribution in [0.4, 0.5) is 5.82 Å². The number of aromatic nitrogens is 2. The van der Waals surface area contributed by atoms with Gasteiger partial charge in [-0.15, -0.1) is 0 Å². The number of fused-ring (bicyclic) bond motifs is 1. The molecule has 5 nitrogen and oxygen atoms in total. The molecule has 0 bridgehead atoms. The van der Waals surface area contributed by atoms with E-state index in [1.807, 2.05) is 31.2 Å². The van der Waals surface area contributed by atoms with E-state index in [9.17, 15) is 4.79 Å². The van der Waals surface area contributed by atoms with E-state index in [4.69, 9.17) is 4.52 Å². The third-order valence-electron chi connectivity index (χ3n) is 2.89. The summed E-state index contributed by atoms with van der Waals surface area (Å²) in [5, 5.41) is 7.41. The first-order valence-electron chi connectivity index (χ1n) is 5.96. The van der Waals surface area contributed by atoms with Crippen LogP contribution in [0, 0.1) is 13.8 Å². The van der Waals surface area contributed by atoms with Crippen molar-refractivity contribution >= 4 is 22.6 Å².